The Morgan fingerprint density at radius 1 is 0.698 bits per heavy atom. The second-order valence-electron chi connectivity index (χ2n) is 11.6. The first kappa shape index (κ1) is 37.4. The van der Waals surface area contributed by atoms with Crippen LogP contribution < -0.4 is 16.0 Å². The number of hydrogen-bond acceptors (Lipinski definition) is 6. The van der Waals surface area contributed by atoms with Crippen molar-refractivity contribution in [3.05, 3.63) is 29.8 Å². The summed E-state index contributed by atoms with van der Waals surface area (Å²) in [4.78, 5) is 62.2. The molecule has 0 saturated heterocycles. The van der Waals surface area contributed by atoms with E-state index in [1.807, 2.05) is 0 Å². The van der Waals surface area contributed by atoms with Gasteiger partial charge in [-0.15, -0.1) is 0 Å². The summed E-state index contributed by atoms with van der Waals surface area (Å²) in [6.07, 6.45) is 9.59. The highest BCUT2D eigenvalue weighted by atomic mass is 16.4. The van der Waals surface area contributed by atoms with Gasteiger partial charge in [-0.25, -0.2) is 4.79 Å². The molecule has 43 heavy (non-hydrogen) atoms. The van der Waals surface area contributed by atoms with Gasteiger partial charge in [0, 0.05) is 19.3 Å². The van der Waals surface area contributed by atoms with E-state index >= 15 is 0 Å². The van der Waals surface area contributed by atoms with E-state index in [4.69, 9.17) is 0 Å². The minimum Gasteiger partial charge on any atom is -0.508 e. The summed E-state index contributed by atoms with van der Waals surface area (Å²) in [6.45, 7) is 5.79. The van der Waals surface area contributed by atoms with Crippen molar-refractivity contribution in [2.75, 3.05) is 0 Å². The first-order chi connectivity index (χ1) is 20.4. The fraction of sp³-hybridized carbons (Fsp3) is 0.656. The normalized spacial score (nSPS) is 13.1. The number of unbranched alkanes of at least 4 members (excludes halogenated alkanes) is 8. The van der Waals surface area contributed by atoms with Crippen molar-refractivity contribution in [2.24, 2.45) is 5.92 Å². The van der Waals surface area contributed by atoms with Crippen molar-refractivity contribution in [2.45, 2.75) is 129 Å². The van der Waals surface area contributed by atoms with Gasteiger partial charge in [0.15, 0.2) is 0 Å². The van der Waals surface area contributed by atoms with Crippen LogP contribution >= 0.6 is 0 Å². The lowest BCUT2D eigenvalue weighted by atomic mass is 10.0. The van der Waals surface area contributed by atoms with Gasteiger partial charge < -0.3 is 31.3 Å². The molecule has 3 atom stereocenters. The molecule has 0 aliphatic heterocycles. The van der Waals surface area contributed by atoms with Crippen LogP contribution in [0.15, 0.2) is 24.3 Å². The van der Waals surface area contributed by atoms with Crippen molar-refractivity contribution in [3.8, 4) is 5.75 Å². The SMILES string of the molecule is CCCCCCCCCCCC(=O)N[C@@H](Cc1ccc(O)cc1)C(=O)N[C@@H](CCC(=O)O)C(=O)N[C@@H](CC(C)C)C(=O)O. The molecule has 0 aliphatic carbocycles. The molecule has 11 heteroatoms. The number of phenolic OH excluding ortho intramolecular Hbond substituents is 1. The van der Waals surface area contributed by atoms with Crippen LogP contribution in [0.25, 0.3) is 0 Å². The number of carboxylic acids is 2. The van der Waals surface area contributed by atoms with Crippen molar-refractivity contribution in [1.29, 1.82) is 0 Å². The van der Waals surface area contributed by atoms with Crippen molar-refractivity contribution in [3.63, 3.8) is 0 Å². The lowest BCUT2D eigenvalue weighted by Gasteiger charge is -2.25. The van der Waals surface area contributed by atoms with Crippen molar-refractivity contribution in [1.82, 2.24) is 16.0 Å². The fourth-order valence-corrected chi connectivity index (χ4v) is 4.71. The molecular weight excluding hydrogens is 554 g/mol. The Hall–Kier alpha value is -3.63. The Morgan fingerprint density at radius 2 is 1.23 bits per heavy atom. The van der Waals surface area contributed by atoms with Gasteiger partial charge in [0.25, 0.3) is 0 Å². The molecule has 0 aliphatic rings. The highest BCUT2D eigenvalue weighted by Gasteiger charge is 2.30. The van der Waals surface area contributed by atoms with Gasteiger partial charge >= 0.3 is 11.9 Å². The molecule has 1 aromatic rings. The van der Waals surface area contributed by atoms with Gasteiger partial charge in [0.1, 0.15) is 23.9 Å². The van der Waals surface area contributed by atoms with Crippen LogP contribution in [0.5, 0.6) is 5.75 Å². The maximum Gasteiger partial charge on any atom is 0.326 e. The first-order valence-electron chi connectivity index (χ1n) is 15.6. The number of rotatable bonds is 23. The van der Waals surface area contributed by atoms with Crippen LogP contribution in [-0.2, 0) is 30.4 Å². The number of aromatic hydroxyl groups is 1. The monoisotopic (exact) mass is 605 g/mol. The highest BCUT2D eigenvalue weighted by molar-refractivity contribution is 5.93. The van der Waals surface area contributed by atoms with Gasteiger partial charge in [-0.3, -0.25) is 19.2 Å². The predicted octanol–water partition coefficient (Wildman–Crippen LogP) is 4.31. The predicted molar refractivity (Wildman–Crippen MR) is 163 cm³/mol. The molecule has 1 rings (SSSR count). The van der Waals surface area contributed by atoms with E-state index in [0.717, 1.165) is 19.3 Å². The average Bonchev–Trinajstić information content (AvgIpc) is 2.94. The van der Waals surface area contributed by atoms with E-state index in [0.29, 0.717) is 12.0 Å². The number of hydrogen-bond donors (Lipinski definition) is 6. The molecule has 0 bridgehead atoms. The molecule has 3 amide bonds. The average molecular weight is 606 g/mol. The second-order valence-corrected chi connectivity index (χ2v) is 11.6. The maximum atomic E-state index is 13.4. The van der Waals surface area contributed by atoms with Crippen LogP contribution in [-0.4, -0.2) is 63.1 Å². The Kier molecular flexibility index (Phi) is 18.4. The van der Waals surface area contributed by atoms with Gasteiger partial charge in [-0.2, -0.15) is 0 Å². The summed E-state index contributed by atoms with van der Waals surface area (Å²) in [5.41, 5.74) is 0.649. The third kappa shape index (κ3) is 17.2. The molecule has 6 N–H and O–H groups in total. The van der Waals surface area contributed by atoms with Crippen LogP contribution in [0.2, 0.25) is 0 Å². The number of benzene rings is 1. The summed E-state index contributed by atoms with van der Waals surface area (Å²) < 4.78 is 0. The number of amides is 3. The fourth-order valence-electron chi connectivity index (χ4n) is 4.71. The van der Waals surface area contributed by atoms with Crippen LogP contribution in [0, 0.1) is 5.92 Å². The molecular formula is C32H51N3O8. The maximum absolute atomic E-state index is 13.4. The highest BCUT2D eigenvalue weighted by Crippen LogP contribution is 2.14. The quantitative estimate of drug-likeness (QED) is 0.0998. The van der Waals surface area contributed by atoms with Gasteiger partial charge in [-0.05, 0) is 42.9 Å². The van der Waals surface area contributed by atoms with Crippen LogP contribution in [0.4, 0.5) is 0 Å². The Morgan fingerprint density at radius 3 is 1.77 bits per heavy atom. The summed E-state index contributed by atoms with van der Waals surface area (Å²) in [5, 5.41) is 36.0. The standard InChI is InChI=1S/C32H51N3O8/c1-4-5-6-7-8-9-10-11-12-13-28(37)33-26(21-23-14-16-24(36)17-15-23)31(41)34-25(18-19-29(38)39)30(40)35-27(32(42)43)20-22(2)3/h14-17,22,25-27,36H,4-13,18-21H2,1-3H3,(H,33,37)(H,34,41)(H,35,40)(H,38,39)(H,42,43)/t25-,26-,27-/m0/s1. The topological polar surface area (TPSA) is 182 Å². The number of aliphatic carboxylic acids is 2. The summed E-state index contributed by atoms with van der Waals surface area (Å²) >= 11 is 0. The zero-order valence-corrected chi connectivity index (χ0v) is 25.9. The van der Waals surface area contributed by atoms with Gasteiger partial charge in [-0.1, -0.05) is 84.3 Å². The van der Waals surface area contributed by atoms with Gasteiger partial charge in [0.05, 0.1) is 0 Å². The van der Waals surface area contributed by atoms with E-state index < -0.39 is 48.3 Å². The molecule has 0 saturated carbocycles. The van der Waals surface area contributed by atoms with E-state index in [1.165, 1.54) is 44.2 Å². The summed E-state index contributed by atoms with van der Waals surface area (Å²) in [5.74, 6) is -4.25. The minimum absolute atomic E-state index is 0.0378. The van der Waals surface area contributed by atoms with E-state index in [9.17, 15) is 39.3 Å². The largest absolute Gasteiger partial charge is 0.508 e. The molecule has 0 fully saturated rings. The van der Waals surface area contributed by atoms with Crippen molar-refractivity contribution < 1.29 is 39.3 Å². The van der Waals surface area contributed by atoms with Crippen molar-refractivity contribution >= 4 is 29.7 Å². The molecule has 0 heterocycles. The molecule has 0 unspecified atom stereocenters. The molecule has 1 aromatic carbocycles. The van der Waals surface area contributed by atoms with Crippen LogP contribution in [0.1, 0.15) is 110 Å². The summed E-state index contributed by atoms with van der Waals surface area (Å²) in [6, 6.07) is 2.52. The Balaban J connectivity index is 2.91. The molecule has 0 spiro atoms. The molecule has 11 nitrogen and oxygen atoms in total. The first-order valence-corrected chi connectivity index (χ1v) is 15.6. The van der Waals surface area contributed by atoms with Gasteiger partial charge in [0.2, 0.25) is 17.7 Å². The Labute approximate surface area is 255 Å². The molecule has 0 radical (unpaired) electrons. The van der Waals surface area contributed by atoms with E-state index in [-0.39, 0.29) is 43.3 Å². The zero-order valence-electron chi connectivity index (χ0n) is 25.9. The number of carbonyl (C=O) groups excluding carboxylic acids is 3. The minimum atomic E-state index is -1.32. The Bertz CT molecular complexity index is 1010. The molecule has 0 aromatic heterocycles. The molecule has 242 valence electrons. The van der Waals surface area contributed by atoms with Crippen LogP contribution in [0.3, 0.4) is 0 Å². The van der Waals surface area contributed by atoms with E-state index in [2.05, 4.69) is 22.9 Å². The third-order valence-electron chi connectivity index (χ3n) is 7.14. The number of phenols is 1. The number of carbonyl (C=O) groups is 5. The lowest BCUT2D eigenvalue weighted by molar-refractivity contribution is -0.143. The number of nitrogens with one attached hydrogen (secondary N) is 3. The smallest absolute Gasteiger partial charge is 0.326 e. The third-order valence-corrected chi connectivity index (χ3v) is 7.14. The zero-order chi connectivity index (χ0) is 32.2. The number of carboxylic acid groups (broad SMARTS) is 2. The van der Waals surface area contributed by atoms with E-state index in [1.54, 1.807) is 26.0 Å². The second kappa shape index (κ2) is 21.1. The summed E-state index contributed by atoms with van der Waals surface area (Å²) in [7, 11) is 0. The lowest BCUT2D eigenvalue weighted by Crippen LogP contribution is -2.56.